The van der Waals surface area contributed by atoms with Crippen LogP contribution in [0.2, 0.25) is 0 Å². The molecule has 0 aliphatic heterocycles. The van der Waals surface area contributed by atoms with Gasteiger partial charge in [-0.1, -0.05) is 24.3 Å². The number of nitrogens with zero attached hydrogens (tertiary/aromatic N) is 1. The number of methoxy groups -OCH3 is 1. The summed E-state index contributed by atoms with van der Waals surface area (Å²) in [4.78, 5) is 14.6. The number of amides is 1. The second-order valence-electron chi connectivity index (χ2n) is 7.75. The van der Waals surface area contributed by atoms with Gasteiger partial charge in [0.2, 0.25) is 10.0 Å². The molecule has 35 heavy (non-hydrogen) atoms. The van der Waals surface area contributed by atoms with E-state index in [0.717, 1.165) is 12.1 Å². The summed E-state index contributed by atoms with van der Waals surface area (Å²) in [7, 11) is -2.34. The Morgan fingerprint density at radius 1 is 1.00 bits per heavy atom. The molecule has 1 amide bonds. The third kappa shape index (κ3) is 6.61. The fourth-order valence-corrected chi connectivity index (χ4v) is 4.51. The number of nitrogens with one attached hydrogen (secondary N) is 1. The normalized spacial score (nSPS) is 11.8. The lowest BCUT2D eigenvalue weighted by Gasteiger charge is -2.25. The molecule has 3 rings (SSSR count). The molecule has 0 atom stereocenters. The first-order chi connectivity index (χ1) is 16.5. The number of alkyl halides is 3. The van der Waals surface area contributed by atoms with Gasteiger partial charge in [-0.15, -0.1) is 0 Å². The zero-order valence-electron chi connectivity index (χ0n) is 19.2. The van der Waals surface area contributed by atoms with E-state index in [9.17, 15) is 26.4 Å². The average Bonchev–Trinajstić information content (AvgIpc) is 2.83. The number of hydrogen-bond acceptors (Lipinski definition) is 4. The highest BCUT2D eigenvalue weighted by Crippen LogP contribution is 2.32. The summed E-state index contributed by atoms with van der Waals surface area (Å²) in [6.07, 6.45) is -4.40. The van der Waals surface area contributed by atoms with Crippen LogP contribution in [0.4, 0.5) is 18.9 Å². The van der Waals surface area contributed by atoms with Gasteiger partial charge in [0.25, 0.3) is 5.91 Å². The van der Waals surface area contributed by atoms with Gasteiger partial charge >= 0.3 is 6.18 Å². The largest absolute Gasteiger partial charge is 0.497 e. The van der Waals surface area contributed by atoms with Crippen molar-refractivity contribution in [3.05, 3.63) is 89.5 Å². The van der Waals surface area contributed by atoms with E-state index in [0.29, 0.717) is 16.9 Å². The van der Waals surface area contributed by atoms with Gasteiger partial charge in [-0.3, -0.25) is 4.79 Å². The van der Waals surface area contributed by atoms with Crippen molar-refractivity contribution in [3.63, 3.8) is 0 Å². The van der Waals surface area contributed by atoms with Crippen LogP contribution in [0.3, 0.4) is 0 Å². The highest BCUT2D eigenvalue weighted by atomic mass is 32.2. The van der Waals surface area contributed by atoms with Crippen molar-refractivity contribution in [1.82, 2.24) is 4.72 Å². The Kier molecular flexibility index (Phi) is 8.18. The highest BCUT2D eigenvalue weighted by molar-refractivity contribution is 7.89. The van der Waals surface area contributed by atoms with Gasteiger partial charge in [-0.25, -0.2) is 13.1 Å². The van der Waals surface area contributed by atoms with Gasteiger partial charge in [-0.2, -0.15) is 13.2 Å². The number of ether oxygens (including phenoxy) is 1. The number of anilines is 1. The molecule has 0 aliphatic rings. The predicted octanol–water partition coefficient (Wildman–Crippen LogP) is 5.04. The molecule has 10 heteroatoms. The van der Waals surface area contributed by atoms with Gasteiger partial charge in [0.15, 0.2) is 0 Å². The molecule has 1 N–H and O–H groups in total. The van der Waals surface area contributed by atoms with Crippen LogP contribution < -0.4 is 14.4 Å². The van der Waals surface area contributed by atoms with Crippen LogP contribution in [-0.2, 0) is 16.2 Å². The maximum Gasteiger partial charge on any atom is 0.416 e. The summed E-state index contributed by atoms with van der Waals surface area (Å²) in [5, 5.41) is 0. The standard InChI is InChI=1S/C25H25F3N2O4S/c1-18-7-3-4-10-23(18)24(31)30(20-9-5-8-19(17-20)25(26,27)28)16-6-15-29-35(32,33)22-13-11-21(34-2)12-14-22/h3-5,7-14,17,29H,6,15-16H2,1-2H3. The Morgan fingerprint density at radius 3 is 2.31 bits per heavy atom. The minimum absolute atomic E-state index is 0.000386. The molecule has 0 radical (unpaired) electrons. The minimum Gasteiger partial charge on any atom is -0.497 e. The van der Waals surface area contributed by atoms with Crippen molar-refractivity contribution in [2.75, 3.05) is 25.1 Å². The van der Waals surface area contributed by atoms with Crippen molar-refractivity contribution >= 4 is 21.6 Å². The van der Waals surface area contributed by atoms with Crippen molar-refractivity contribution in [2.24, 2.45) is 0 Å². The lowest BCUT2D eigenvalue weighted by molar-refractivity contribution is -0.137. The SMILES string of the molecule is COc1ccc(S(=O)(=O)NCCCN(C(=O)c2ccccc2C)c2cccc(C(F)(F)F)c2)cc1. The van der Waals surface area contributed by atoms with Gasteiger partial charge in [0.05, 0.1) is 17.6 Å². The number of carbonyl (C=O) groups excluding carboxylic acids is 1. The van der Waals surface area contributed by atoms with E-state index in [2.05, 4.69) is 4.72 Å². The molecule has 0 bridgehead atoms. The Balaban J connectivity index is 1.78. The second-order valence-corrected chi connectivity index (χ2v) is 9.51. The molecule has 0 fully saturated rings. The zero-order chi connectivity index (χ0) is 25.6. The van der Waals surface area contributed by atoms with Gasteiger partial charge < -0.3 is 9.64 Å². The van der Waals surface area contributed by atoms with Crippen LogP contribution in [0.25, 0.3) is 0 Å². The number of sulfonamides is 1. The number of rotatable bonds is 9. The number of benzene rings is 3. The number of hydrogen-bond donors (Lipinski definition) is 1. The lowest BCUT2D eigenvalue weighted by Crippen LogP contribution is -2.35. The predicted molar refractivity (Wildman–Crippen MR) is 127 cm³/mol. The summed E-state index contributed by atoms with van der Waals surface area (Å²) in [5.41, 5.74) is 0.224. The monoisotopic (exact) mass is 506 g/mol. The van der Waals surface area contributed by atoms with Gasteiger partial charge in [0, 0.05) is 24.3 Å². The molecular weight excluding hydrogens is 481 g/mol. The Hall–Kier alpha value is -3.37. The van der Waals surface area contributed by atoms with Gasteiger partial charge in [-0.05, 0) is 67.4 Å². The van der Waals surface area contributed by atoms with E-state index in [1.54, 1.807) is 31.2 Å². The molecule has 3 aromatic rings. The van der Waals surface area contributed by atoms with E-state index in [-0.39, 0.29) is 30.1 Å². The van der Waals surface area contributed by atoms with Crippen LogP contribution in [-0.4, -0.2) is 34.5 Å². The summed E-state index contributed by atoms with van der Waals surface area (Å²) < 4.78 is 72.4. The van der Waals surface area contributed by atoms with Crippen LogP contribution in [0, 0.1) is 6.92 Å². The van der Waals surface area contributed by atoms with Crippen molar-refractivity contribution in [2.45, 2.75) is 24.4 Å². The number of carbonyl (C=O) groups is 1. The molecule has 0 aliphatic carbocycles. The molecule has 0 aromatic heterocycles. The van der Waals surface area contributed by atoms with Crippen LogP contribution in [0.1, 0.15) is 27.9 Å². The molecule has 0 saturated heterocycles. The Labute approximate surface area is 202 Å². The molecule has 0 spiro atoms. The molecule has 0 unspecified atom stereocenters. The minimum atomic E-state index is -4.57. The third-order valence-corrected chi connectivity index (χ3v) is 6.80. The summed E-state index contributed by atoms with van der Waals surface area (Å²) >= 11 is 0. The molecule has 186 valence electrons. The second kappa shape index (κ2) is 10.9. The lowest BCUT2D eigenvalue weighted by atomic mass is 10.1. The first-order valence-electron chi connectivity index (χ1n) is 10.7. The first kappa shape index (κ1) is 26.2. The van der Waals surface area contributed by atoms with Crippen molar-refractivity contribution < 1.29 is 31.1 Å². The van der Waals surface area contributed by atoms with Crippen molar-refractivity contribution in [1.29, 1.82) is 0 Å². The molecule has 3 aromatic carbocycles. The number of halogens is 3. The highest BCUT2D eigenvalue weighted by Gasteiger charge is 2.31. The van der Waals surface area contributed by atoms with Crippen molar-refractivity contribution in [3.8, 4) is 5.75 Å². The van der Waals surface area contributed by atoms with E-state index in [1.807, 2.05) is 0 Å². The zero-order valence-corrected chi connectivity index (χ0v) is 20.0. The molecule has 0 saturated carbocycles. The first-order valence-corrected chi connectivity index (χ1v) is 12.2. The Morgan fingerprint density at radius 2 is 1.69 bits per heavy atom. The van der Waals surface area contributed by atoms with E-state index < -0.39 is 27.7 Å². The summed E-state index contributed by atoms with van der Waals surface area (Å²) in [6.45, 7) is 1.71. The fraction of sp³-hybridized carbons (Fsp3) is 0.240. The molecular formula is C25H25F3N2O4S. The maximum absolute atomic E-state index is 13.3. The summed E-state index contributed by atoms with van der Waals surface area (Å²) in [6, 6.07) is 17.1. The van der Waals surface area contributed by atoms with Crippen LogP contribution in [0.5, 0.6) is 5.75 Å². The fourth-order valence-electron chi connectivity index (χ4n) is 3.44. The average molecular weight is 507 g/mol. The maximum atomic E-state index is 13.3. The number of aryl methyl sites for hydroxylation is 1. The van der Waals surface area contributed by atoms with Gasteiger partial charge in [0.1, 0.15) is 5.75 Å². The quantitative estimate of drug-likeness (QED) is 0.413. The van der Waals surface area contributed by atoms with Crippen LogP contribution >= 0.6 is 0 Å². The smallest absolute Gasteiger partial charge is 0.416 e. The Bertz CT molecular complexity index is 1280. The molecule has 6 nitrogen and oxygen atoms in total. The van der Waals surface area contributed by atoms with Crippen LogP contribution in [0.15, 0.2) is 77.7 Å². The third-order valence-electron chi connectivity index (χ3n) is 5.33. The molecule has 0 heterocycles. The topological polar surface area (TPSA) is 75.7 Å². The van der Waals surface area contributed by atoms with E-state index in [1.165, 1.54) is 48.4 Å². The van der Waals surface area contributed by atoms with E-state index >= 15 is 0 Å². The van der Waals surface area contributed by atoms with E-state index in [4.69, 9.17) is 4.74 Å². The summed E-state index contributed by atoms with van der Waals surface area (Å²) in [5.74, 6) is 0.0378.